The largest absolute Gasteiger partial charge is 0.490 e. The lowest BCUT2D eigenvalue weighted by Crippen LogP contribution is -2.20. The second-order valence-corrected chi connectivity index (χ2v) is 6.10. The van der Waals surface area contributed by atoms with Gasteiger partial charge in [-0.25, -0.2) is 0 Å². The highest BCUT2D eigenvalue weighted by Crippen LogP contribution is 2.30. The summed E-state index contributed by atoms with van der Waals surface area (Å²) in [6.07, 6.45) is 7.94. The van der Waals surface area contributed by atoms with Crippen molar-refractivity contribution >= 4 is 17.1 Å². The van der Waals surface area contributed by atoms with Crippen LogP contribution in [0.5, 0.6) is 5.75 Å². The average Bonchev–Trinajstić information content (AvgIpc) is 2.55. The Kier molecular flexibility index (Phi) is 4.28. The fraction of sp³-hybridized carbons (Fsp3) is 0.350. The van der Waals surface area contributed by atoms with Crippen molar-refractivity contribution in [2.45, 2.75) is 45.6 Å². The summed E-state index contributed by atoms with van der Waals surface area (Å²) in [5.74, 6) is 0.942. The van der Waals surface area contributed by atoms with Crippen LogP contribution < -0.4 is 4.74 Å². The van der Waals surface area contributed by atoms with Gasteiger partial charge in [-0.15, -0.1) is 0 Å². The van der Waals surface area contributed by atoms with Gasteiger partial charge in [-0.1, -0.05) is 23.8 Å². The molecule has 1 saturated carbocycles. The lowest BCUT2D eigenvalue weighted by atomic mass is 9.92. The van der Waals surface area contributed by atoms with Gasteiger partial charge < -0.3 is 4.74 Å². The number of carbonyl (C=O) groups is 1. The number of aldehydes is 1. The molecule has 0 amide bonds. The topological polar surface area (TPSA) is 26.3 Å². The Labute approximate surface area is 131 Å². The Hall–Kier alpha value is -2.09. The van der Waals surface area contributed by atoms with E-state index in [4.69, 9.17) is 4.74 Å². The van der Waals surface area contributed by atoms with Crippen LogP contribution in [0.4, 0.5) is 0 Å². The smallest absolute Gasteiger partial charge is 0.150 e. The summed E-state index contributed by atoms with van der Waals surface area (Å²) in [5, 5.41) is 2.25. The van der Waals surface area contributed by atoms with E-state index in [2.05, 4.69) is 32.1 Å². The molecular weight excluding hydrogens is 272 g/mol. The van der Waals surface area contributed by atoms with Gasteiger partial charge in [-0.05, 0) is 74.1 Å². The first-order valence-corrected chi connectivity index (χ1v) is 8.00. The third-order valence-electron chi connectivity index (χ3n) is 4.58. The van der Waals surface area contributed by atoms with Crippen LogP contribution in [0.2, 0.25) is 0 Å². The molecule has 114 valence electrons. The minimum Gasteiger partial charge on any atom is -0.490 e. The molecule has 0 heterocycles. The maximum atomic E-state index is 10.9. The molecule has 0 aliphatic heterocycles. The zero-order chi connectivity index (χ0) is 15.5. The molecule has 2 nitrogen and oxygen atoms in total. The van der Waals surface area contributed by atoms with Crippen molar-refractivity contribution in [1.29, 1.82) is 0 Å². The molecule has 3 rings (SSSR count). The fourth-order valence-electron chi connectivity index (χ4n) is 3.23. The van der Waals surface area contributed by atoms with E-state index in [9.17, 15) is 4.79 Å². The van der Waals surface area contributed by atoms with Gasteiger partial charge in [-0.2, -0.15) is 0 Å². The van der Waals surface area contributed by atoms with Crippen LogP contribution in [-0.4, -0.2) is 12.4 Å². The number of ether oxygens (including phenoxy) is 1. The van der Waals surface area contributed by atoms with Gasteiger partial charge in [0.1, 0.15) is 12.0 Å². The van der Waals surface area contributed by atoms with Gasteiger partial charge in [0.05, 0.1) is 6.10 Å². The summed E-state index contributed by atoms with van der Waals surface area (Å²) in [4.78, 5) is 10.9. The van der Waals surface area contributed by atoms with Gasteiger partial charge in [0.15, 0.2) is 0 Å². The van der Waals surface area contributed by atoms with Gasteiger partial charge in [-0.3, -0.25) is 4.79 Å². The lowest BCUT2D eigenvalue weighted by molar-refractivity contribution is 0.112. The summed E-state index contributed by atoms with van der Waals surface area (Å²) >= 11 is 0. The number of hydrogen-bond donors (Lipinski definition) is 0. The normalized spacial score (nSPS) is 18.3. The van der Waals surface area contributed by atoms with E-state index in [-0.39, 0.29) is 0 Å². The Morgan fingerprint density at radius 1 is 1.14 bits per heavy atom. The quantitative estimate of drug-likeness (QED) is 0.572. The first-order valence-electron chi connectivity index (χ1n) is 8.00. The van der Waals surface area contributed by atoms with E-state index in [1.165, 1.54) is 0 Å². The monoisotopic (exact) mass is 294 g/mol. The van der Waals surface area contributed by atoms with Crippen LogP contribution in [0.1, 0.15) is 48.5 Å². The van der Waals surface area contributed by atoms with E-state index < -0.39 is 0 Å². The molecular formula is C20H22O2. The van der Waals surface area contributed by atoms with Gasteiger partial charge in [0.2, 0.25) is 0 Å². The highest BCUT2D eigenvalue weighted by atomic mass is 16.5. The predicted octanol–water partition coefficient (Wildman–Crippen LogP) is 5.23. The van der Waals surface area contributed by atoms with Crippen LogP contribution >= 0.6 is 0 Å². The average molecular weight is 294 g/mol. The zero-order valence-electron chi connectivity index (χ0n) is 13.3. The molecule has 22 heavy (non-hydrogen) atoms. The van der Waals surface area contributed by atoms with Crippen molar-refractivity contribution in [1.82, 2.24) is 0 Å². The molecule has 0 unspecified atom stereocenters. The standard InChI is InChI=1S/C20H22O2/c1-3-15-5-8-18(9-6-15)22-19-10-14(2)20-11-16(13-21)4-7-17(20)12-19/h3-4,7,10-13,18H,5-6,8-9H2,1-2H3. The highest BCUT2D eigenvalue weighted by Gasteiger charge is 2.18. The molecule has 1 fully saturated rings. The Morgan fingerprint density at radius 3 is 2.59 bits per heavy atom. The van der Waals surface area contributed by atoms with Crippen LogP contribution in [0.3, 0.4) is 0 Å². The number of fused-ring (bicyclic) bond motifs is 1. The van der Waals surface area contributed by atoms with Crippen LogP contribution in [0.25, 0.3) is 10.8 Å². The van der Waals surface area contributed by atoms with Gasteiger partial charge in [0, 0.05) is 5.56 Å². The number of aryl methyl sites for hydroxylation is 1. The fourth-order valence-corrected chi connectivity index (χ4v) is 3.23. The molecule has 0 saturated heterocycles. The second-order valence-electron chi connectivity index (χ2n) is 6.10. The minimum absolute atomic E-state index is 0.315. The summed E-state index contributed by atoms with van der Waals surface area (Å²) in [6, 6.07) is 9.97. The highest BCUT2D eigenvalue weighted by molar-refractivity contribution is 5.91. The molecule has 1 aliphatic carbocycles. The van der Waals surface area contributed by atoms with Crippen LogP contribution in [0.15, 0.2) is 42.0 Å². The molecule has 0 spiro atoms. The molecule has 0 N–H and O–H groups in total. The maximum Gasteiger partial charge on any atom is 0.150 e. The molecule has 2 aromatic rings. The molecule has 0 radical (unpaired) electrons. The van der Waals surface area contributed by atoms with Crippen molar-refractivity contribution < 1.29 is 9.53 Å². The SMILES string of the molecule is CC=C1CCC(Oc2cc(C)c3cc(C=O)ccc3c2)CC1. The van der Waals surface area contributed by atoms with Gasteiger partial charge in [0.25, 0.3) is 0 Å². The van der Waals surface area contributed by atoms with E-state index >= 15 is 0 Å². The van der Waals surface area contributed by atoms with E-state index in [1.54, 1.807) is 5.57 Å². The predicted molar refractivity (Wildman–Crippen MR) is 90.7 cm³/mol. The van der Waals surface area contributed by atoms with Crippen LogP contribution in [-0.2, 0) is 0 Å². The number of rotatable bonds is 3. The molecule has 0 bridgehead atoms. The van der Waals surface area contributed by atoms with E-state index in [1.807, 2.05) is 18.2 Å². The van der Waals surface area contributed by atoms with Crippen molar-refractivity contribution in [2.24, 2.45) is 0 Å². The zero-order valence-corrected chi connectivity index (χ0v) is 13.3. The number of benzene rings is 2. The first kappa shape index (κ1) is 14.8. The van der Waals surface area contributed by atoms with Crippen molar-refractivity contribution in [2.75, 3.05) is 0 Å². The summed E-state index contributed by atoms with van der Waals surface area (Å²) < 4.78 is 6.20. The minimum atomic E-state index is 0.315. The van der Waals surface area contributed by atoms with E-state index in [0.717, 1.165) is 59.6 Å². The van der Waals surface area contributed by atoms with E-state index in [0.29, 0.717) is 6.10 Å². The molecule has 0 aromatic heterocycles. The molecule has 0 atom stereocenters. The Balaban J connectivity index is 1.82. The van der Waals surface area contributed by atoms with Crippen molar-refractivity contribution in [3.05, 3.63) is 53.1 Å². The number of hydrogen-bond acceptors (Lipinski definition) is 2. The van der Waals surface area contributed by atoms with Crippen molar-refractivity contribution in [3.8, 4) is 5.75 Å². The number of allylic oxidation sites excluding steroid dienone is 2. The lowest BCUT2D eigenvalue weighted by Gasteiger charge is -2.25. The van der Waals surface area contributed by atoms with Gasteiger partial charge >= 0.3 is 0 Å². The first-order chi connectivity index (χ1) is 10.7. The second kappa shape index (κ2) is 6.35. The molecule has 2 heteroatoms. The molecule has 1 aliphatic rings. The number of carbonyl (C=O) groups excluding carboxylic acids is 1. The summed E-state index contributed by atoms with van der Waals surface area (Å²) in [7, 11) is 0. The van der Waals surface area contributed by atoms with Crippen LogP contribution in [0, 0.1) is 6.92 Å². The molecule has 2 aromatic carbocycles. The Morgan fingerprint density at radius 2 is 1.91 bits per heavy atom. The van der Waals surface area contributed by atoms with Crippen molar-refractivity contribution in [3.63, 3.8) is 0 Å². The summed E-state index contributed by atoms with van der Waals surface area (Å²) in [6.45, 7) is 4.19. The maximum absolute atomic E-state index is 10.9. The Bertz CT molecular complexity index is 718. The third kappa shape index (κ3) is 3.06. The summed E-state index contributed by atoms with van der Waals surface area (Å²) in [5.41, 5.74) is 3.42. The third-order valence-corrected chi connectivity index (χ3v) is 4.58.